The predicted octanol–water partition coefficient (Wildman–Crippen LogP) is 2.36. The van der Waals surface area contributed by atoms with Crippen LogP contribution in [-0.2, 0) is 33.2 Å². The second-order valence-electron chi connectivity index (χ2n) is 8.10. The van der Waals surface area contributed by atoms with Crippen LogP contribution in [0, 0.1) is 0 Å². The number of hydrogen-bond donors (Lipinski definition) is 2. The summed E-state index contributed by atoms with van der Waals surface area (Å²) in [5, 5.41) is 0.642. The Morgan fingerprint density at radius 1 is 1.06 bits per heavy atom. The minimum absolute atomic E-state index is 0.114. The summed E-state index contributed by atoms with van der Waals surface area (Å²) in [4.78, 5) is 2.05. The lowest BCUT2D eigenvalue weighted by molar-refractivity contribution is 0.378. The largest absolute Gasteiger partial charge is 0.378 e. The topological polar surface area (TPSA) is 98.8 Å². The predicted molar refractivity (Wildman–Crippen MR) is 128 cm³/mol. The highest BCUT2D eigenvalue weighted by Crippen LogP contribution is 2.24. The standard InChI is InChI=1S/C21H29ClN4O4S2/c1-16(10-12-23-31(27,28)21-8-6-20(7-9-21)25(2)3)24-32(29,30)26-13-11-17-14-19(22)5-4-18(17)15-26/h4-9,14,16,23-24H,10-13,15H2,1-3H3. The molecule has 2 aromatic rings. The van der Waals surface area contributed by atoms with Gasteiger partial charge in [-0.3, -0.25) is 0 Å². The zero-order chi connectivity index (χ0) is 23.5. The maximum absolute atomic E-state index is 12.8. The zero-order valence-corrected chi connectivity index (χ0v) is 20.8. The molecule has 1 aliphatic heterocycles. The normalized spacial score (nSPS) is 15.9. The quantitative estimate of drug-likeness (QED) is 0.550. The number of fused-ring (bicyclic) bond motifs is 1. The van der Waals surface area contributed by atoms with E-state index < -0.39 is 26.3 Å². The number of nitrogens with zero attached hydrogens (tertiary/aromatic N) is 2. The molecule has 0 aromatic heterocycles. The Hall–Kier alpha value is -1.69. The summed E-state index contributed by atoms with van der Waals surface area (Å²) in [7, 11) is -3.61. The van der Waals surface area contributed by atoms with Gasteiger partial charge in [-0.05, 0) is 67.3 Å². The number of halogens is 1. The van der Waals surface area contributed by atoms with Gasteiger partial charge in [0.15, 0.2) is 0 Å². The minimum Gasteiger partial charge on any atom is -0.378 e. The van der Waals surface area contributed by atoms with Gasteiger partial charge in [0.05, 0.1) is 4.90 Å². The van der Waals surface area contributed by atoms with Crippen LogP contribution < -0.4 is 14.3 Å². The van der Waals surface area contributed by atoms with Crippen LogP contribution in [0.25, 0.3) is 0 Å². The fourth-order valence-corrected chi connectivity index (χ4v) is 6.16. The molecule has 3 rings (SSSR count). The highest BCUT2D eigenvalue weighted by Gasteiger charge is 2.28. The number of benzene rings is 2. The first kappa shape index (κ1) is 24.9. The van der Waals surface area contributed by atoms with Gasteiger partial charge in [-0.2, -0.15) is 17.4 Å². The van der Waals surface area contributed by atoms with Crippen LogP contribution in [0.2, 0.25) is 5.02 Å². The molecule has 32 heavy (non-hydrogen) atoms. The van der Waals surface area contributed by atoms with Crippen LogP contribution in [0.3, 0.4) is 0 Å². The molecular weight excluding hydrogens is 472 g/mol. The van der Waals surface area contributed by atoms with Crippen molar-refractivity contribution in [3.05, 3.63) is 58.6 Å². The van der Waals surface area contributed by atoms with Crippen LogP contribution in [0.5, 0.6) is 0 Å². The number of hydrogen-bond acceptors (Lipinski definition) is 5. The van der Waals surface area contributed by atoms with E-state index >= 15 is 0 Å². The molecule has 0 amide bonds. The van der Waals surface area contributed by atoms with Gasteiger partial charge in [-0.15, -0.1) is 0 Å². The van der Waals surface area contributed by atoms with E-state index in [2.05, 4.69) is 9.44 Å². The molecule has 176 valence electrons. The molecule has 0 bridgehead atoms. The van der Waals surface area contributed by atoms with E-state index in [-0.39, 0.29) is 18.0 Å². The Bertz CT molecular complexity index is 1150. The van der Waals surface area contributed by atoms with E-state index in [9.17, 15) is 16.8 Å². The Kier molecular flexibility index (Phi) is 7.85. The van der Waals surface area contributed by atoms with Crippen LogP contribution in [0.1, 0.15) is 24.5 Å². The van der Waals surface area contributed by atoms with E-state index in [4.69, 9.17) is 11.6 Å². The van der Waals surface area contributed by atoms with Gasteiger partial charge in [0.25, 0.3) is 10.2 Å². The maximum atomic E-state index is 12.8. The maximum Gasteiger partial charge on any atom is 0.280 e. The van der Waals surface area contributed by atoms with Gasteiger partial charge in [-0.1, -0.05) is 17.7 Å². The number of nitrogens with one attached hydrogen (secondary N) is 2. The van der Waals surface area contributed by atoms with Crippen LogP contribution in [0.15, 0.2) is 47.4 Å². The Balaban J connectivity index is 1.52. The van der Waals surface area contributed by atoms with Crippen molar-refractivity contribution >= 4 is 37.5 Å². The summed E-state index contributed by atoms with van der Waals surface area (Å²) >= 11 is 6.02. The summed E-state index contributed by atoms with van der Waals surface area (Å²) in [5.74, 6) is 0. The molecule has 0 saturated heterocycles. The summed E-state index contributed by atoms with van der Waals surface area (Å²) in [6, 6.07) is 11.6. The Labute approximate surface area is 195 Å². The van der Waals surface area contributed by atoms with E-state index in [1.807, 2.05) is 31.1 Å². The monoisotopic (exact) mass is 500 g/mol. The fourth-order valence-electron chi connectivity index (χ4n) is 3.51. The molecule has 2 aromatic carbocycles. The highest BCUT2D eigenvalue weighted by molar-refractivity contribution is 7.89. The van der Waals surface area contributed by atoms with Crippen LogP contribution >= 0.6 is 11.6 Å². The SMILES string of the molecule is CC(CCNS(=O)(=O)c1ccc(N(C)C)cc1)NS(=O)(=O)N1CCc2cc(Cl)ccc2C1. The molecule has 1 unspecified atom stereocenters. The highest BCUT2D eigenvalue weighted by atomic mass is 35.5. The molecule has 11 heteroatoms. The number of sulfonamides is 1. The summed E-state index contributed by atoms with van der Waals surface area (Å²) in [6.07, 6.45) is 0.909. The molecule has 8 nitrogen and oxygen atoms in total. The van der Waals surface area contributed by atoms with Crippen LogP contribution in [0.4, 0.5) is 5.69 Å². The fraction of sp³-hybridized carbons (Fsp3) is 0.429. The van der Waals surface area contributed by atoms with Crippen molar-refractivity contribution in [1.82, 2.24) is 13.7 Å². The van der Waals surface area contributed by atoms with Gasteiger partial charge >= 0.3 is 0 Å². The third kappa shape index (κ3) is 6.21. The molecule has 0 radical (unpaired) electrons. The van der Waals surface area contributed by atoms with Gasteiger partial charge in [0.1, 0.15) is 0 Å². The Morgan fingerprint density at radius 2 is 1.75 bits per heavy atom. The summed E-state index contributed by atoms with van der Waals surface area (Å²) in [5.41, 5.74) is 2.90. The van der Waals surface area contributed by atoms with Crippen molar-refractivity contribution in [3.63, 3.8) is 0 Å². The molecule has 0 aliphatic carbocycles. The molecule has 2 N–H and O–H groups in total. The van der Waals surface area contributed by atoms with E-state index in [1.54, 1.807) is 37.3 Å². The van der Waals surface area contributed by atoms with E-state index in [0.717, 1.165) is 16.8 Å². The second-order valence-corrected chi connectivity index (χ2v) is 12.0. The van der Waals surface area contributed by atoms with Gasteiger partial charge < -0.3 is 4.90 Å². The first-order valence-corrected chi connectivity index (χ1v) is 13.6. The average molecular weight is 501 g/mol. The number of anilines is 1. The molecule has 1 atom stereocenters. The lowest BCUT2D eigenvalue weighted by Gasteiger charge is -2.29. The number of rotatable bonds is 9. The molecule has 0 saturated carbocycles. The van der Waals surface area contributed by atoms with Crippen molar-refractivity contribution in [1.29, 1.82) is 0 Å². The first-order valence-electron chi connectivity index (χ1n) is 10.3. The van der Waals surface area contributed by atoms with E-state index in [0.29, 0.717) is 24.4 Å². The van der Waals surface area contributed by atoms with Gasteiger partial charge in [0, 0.05) is 50.5 Å². The van der Waals surface area contributed by atoms with Crippen molar-refractivity contribution < 1.29 is 16.8 Å². The average Bonchev–Trinajstić information content (AvgIpc) is 2.72. The van der Waals surface area contributed by atoms with Crippen molar-refractivity contribution in [2.75, 3.05) is 32.1 Å². The minimum atomic E-state index is -3.70. The van der Waals surface area contributed by atoms with Crippen molar-refractivity contribution in [3.8, 4) is 0 Å². The lowest BCUT2D eigenvalue weighted by Crippen LogP contribution is -2.47. The first-order chi connectivity index (χ1) is 15.0. The Morgan fingerprint density at radius 3 is 2.41 bits per heavy atom. The molecular formula is C21H29ClN4O4S2. The van der Waals surface area contributed by atoms with Crippen molar-refractivity contribution in [2.24, 2.45) is 0 Å². The molecule has 1 aliphatic rings. The molecule has 0 spiro atoms. The van der Waals surface area contributed by atoms with E-state index in [1.165, 1.54) is 4.31 Å². The smallest absolute Gasteiger partial charge is 0.280 e. The van der Waals surface area contributed by atoms with Gasteiger partial charge in [0.2, 0.25) is 10.0 Å². The van der Waals surface area contributed by atoms with Crippen LogP contribution in [-0.4, -0.2) is 54.4 Å². The zero-order valence-electron chi connectivity index (χ0n) is 18.4. The third-order valence-corrected chi connectivity index (χ3v) is 8.77. The summed E-state index contributed by atoms with van der Waals surface area (Å²) in [6.45, 7) is 2.48. The lowest BCUT2D eigenvalue weighted by atomic mass is 10.0. The summed E-state index contributed by atoms with van der Waals surface area (Å²) < 4.78 is 57.1. The molecule has 0 fully saturated rings. The third-order valence-electron chi connectivity index (χ3n) is 5.37. The second kappa shape index (κ2) is 10.1. The van der Waals surface area contributed by atoms with Gasteiger partial charge in [-0.25, -0.2) is 13.1 Å². The molecule has 1 heterocycles. The van der Waals surface area contributed by atoms with Crippen molar-refractivity contribution in [2.45, 2.75) is 37.2 Å².